The summed E-state index contributed by atoms with van der Waals surface area (Å²) in [6.07, 6.45) is 1.58. The molecule has 0 N–H and O–H groups in total. The summed E-state index contributed by atoms with van der Waals surface area (Å²) < 4.78 is 28.4. The third-order valence-electron chi connectivity index (χ3n) is 3.04. The topological polar surface area (TPSA) is 26.3 Å². The van der Waals surface area contributed by atoms with Gasteiger partial charge in [-0.15, -0.1) is 0 Å². The van der Waals surface area contributed by atoms with Crippen LogP contribution in [0, 0.1) is 0 Å². The van der Waals surface area contributed by atoms with E-state index in [1.807, 2.05) is 0 Å². The second kappa shape index (κ2) is 3.85. The minimum atomic E-state index is -2.83. The maximum atomic E-state index is 12.0. The van der Waals surface area contributed by atoms with E-state index in [-0.39, 0.29) is 11.5 Å². The summed E-state index contributed by atoms with van der Waals surface area (Å²) in [5.74, 6) is 0.196. The third-order valence-corrected chi connectivity index (χ3v) is 3.04. The van der Waals surface area contributed by atoms with Gasteiger partial charge >= 0.3 is 6.61 Å². The van der Waals surface area contributed by atoms with Gasteiger partial charge in [0.15, 0.2) is 0 Å². The van der Waals surface area contributed by atoms with Crippen LogP contribution in [-0.2, 0) is 10.2 Å². The molecule has 0 radical (unpaired) electrons. The van der Waals surface area contributed by atoms with Crippen LogP contribution in [0.5, 0.6) is 5.75 Å². The van der Waals surface area contributed by atoms with E-state index < -0.39 is 12.0 Å². The first-order chi connectivity index (χ1) is 7.54. The Morgan fingerprint density at radius 3 is 2.62 bits per heavy atom. The maximum absolute atomic E-state index is 12.0. The molecule has 1 aromatic rings. The minimum Gasteiger partial charge on any atom is -0.435 e. The predicted molar refractivity (Wildman–Crippen MR) is 54.7 cm³/mol. The number of halogens is 2. The molecule has 2 nitrogen and oxygen atoms in total. The van der Waals surface area contributed by atoms with E-state index in [1.165, 1.54) is 19.1 Å². The Labute approximate surface area is 92.2 Å². The standard InChI is InChI=1S/C12H12F2O2/c1-8(15)12(5-6-12)9-3-2-4-10(7-9)16-11(13)14/h2-4,7,11H,5-6H2,1H3. The summed E-state index contributed by atoms with van der Waals surface area (Å²) in [7, 11) is 0. The lowest BCUT2D eigenvalue weighted by atomic mass is 9.92. The summed E-state index contributed by atoms with van der Waals surface area (Å²) in [4.78, 5) is 11.5. The summed E-state index contributed by atoms with van der Waals surface area (Å²) in [5.41, 5.74) is 0.333. The average Bonchev–Trinajstić information content (AvgIpc) is 2.97. The monoisotopic (exact) mass is 226 g/mol. The average molecular weight is 226 g/mol. The van der Waals surface area contributed by atoms with Gasteiger partial charge in [-0.1, -0.05) is 12.1 Å². The molecular formula is C12H12F2O2. The highest BCUT2D eigenvalue weighted by Gasteiger charge is 2.48. The van der Waals surface area contributed by atoms with Crippen molar-refractivity contribution in [2.45, 2.75) is 31.8 Å². The molecule has 0 aliphatic heterocycles. The van der Waals surface area contributed by atoms with E-state index in [9.17, 15) is 13.6 Å². The molecule has 1 aliphatic rings. The van der Waals surface area contributed by atoms with Crippen LogP contribution in [0.25, 0.3) is 0 Å². The number of carbonyl (C=O) groups excluding carboxylic acids is 1. The fourth-order valence-corrected chi connectivity index (χ4v) is 1.94. The maximum Gasteiger partial charge on any atom is 0.387 e. The summed E-state index contributed by atoms with van der Waals surface area (Å²) in [5, 5.41) is 0. The van der Waals surface area contributed by atoms with Crippen molar-refractivity contribution in [2.24, 2.45) is 0 Å². The van der Waals surface area contributed by atoms with Crippen LogP contribution in [0.1, 0.15) is 25.3 Å². The molecule has 1 aliphatic carbocycles. The van der Waals surface area contributed by atoms with Gasteiger partial charge < -0.3 is 4.74 Å². The Balaban J connectivity index is 2.26. The number of ether oxygens (including phenoxy) is 1. The largest absolute Gasteiger partial charge is 0.435 e. The van der Waals surface area contributed by atoms with Gasteiger partial charge in [0.1, 0.15) is 11.5 Å². The first kappa shape index (κ1) is 11.0. The van der Waals surface area contributed by atoms with Crippen LogP contribution in [0.2, 0.25) is 0 Å². The number of hydrogen-bond donors (Lipinski definition) is 0. The minimum absolute atomic E-state index is 0.0849. The van der Waals surface area contributed by atoms with Gasteiger partial charge in [0, 0.05) is 0 Å². The van der Waals surface area contributed by atoms with E-state index in [2.05, 4.69) is 4.74 Å². The van der Waals surface area contributed by atoms with Gasteiger partial charge in [0.2, 0.25) is 0 Å². The van der Waals surface area contributed by atoms with Gasteiger partial charge in [-0.3, -0.25) is 4.79 Å². The van der Waals surface area contributed by atoms with Crippen molar-refractivity contribution in [1.29, 1.82) is 0 Å². The molecule has 16 heavy (non-hydrogen) atoms. The molecule has 4 heteroatoms. The molecule has 86 valence electrons. The molecule has 0 unspecified atom stereocenters. The lowest BCUT2D eigenvalue weighted by Gasteiger charge is -2.13. The number of benzene rings is 1. The second-order valence-corrected chi connectivity index (χ2v) is 4.04. The first-order valence-corrected chi connectivity index (χ1v) is 5.11. The predicted octanol–water partition coefficient (Wildman–Crippen LogP) is 2.91. The highest BCUT2D eigenvalue weighted by molar-refractivity contribution is 5.91. The molecule has 0 bridgehead atoms. The molecule has 1 fully saturated rings. The van der Waals surface area contributed by atoms with Crippen molar-refractivity contribution in [3.8, 4) is 5.75 Å². The zero-order chi connectivity index (χ0) is 11.8. The van der Waals surface area contributed by atoms with Gasteiger partial charge in [-0.2, -0.15) is 8.78 Å². The zero-order valence-corrected chi connectivity index (χ0v) is 8.87. The van der Waals surface area contributed by atoms with Crippen LogP contribution in [0.3, 0.4) is 0 Å². The molecule has 1 saturated carbocycles. The lowest BCUT2D eigenvalue weighted by Crippen LogP contribution is -2.17. The lowest BCUT2D eigenvalue weighted by molar-refractivity contribution is -0.119. The number of ketones is 1. The molecule has 0 amide bonds. The van der Waals surface area contributed by atoms with Crippen LogP contribution in [-0.4, -0.2) is 12.4 Å². The SMILES string of the molecule is CC(=O)C1(c2cccc(OC(F)F)c2)CC1. The highest BCUT2D eigenvalue weighted by atomic mass is 19.3. The smallest absolute Gasteiger partial charge is 0.387 e. The molecule has 0 heterocycles. The Kier molecular flexibility index (Phi) is 2.66. The number of carbonyl (C=O) groups is 1. The van der Waals surface area contributed by atoms with E-state index in [4.69, 9.17) is 0 Å². The van der Waals surface area contributed by atoms with Crippen molar-refractivity contribution < 1.29 is 18.3 Å². The molecule has 0 aromatic heterocycles. The van der Waals surface area contributed by atoms with Gasteiger partial charge in [0.25, 0.3) is 0 Å². The number of Topliss-reactive ketones (excluding diaryl/α,β-unsaturated/α-hetero) is 1. The van der Waals surface area contributed by atoms with Crippen molar-refractivity contribution >= 4 is 5.78 Å². The fourth-order valence-electron chi connectivity index (χ4n) is 1.94. The summed E-state index contributed by atoms with van der Waals surface area (Å²) in [6, 6.07) is 6.41. The van der Waals surface area contributed by atoms with Crippen molar-refractivity contribution in [1.82, 2.24) is 0 Å². The van der Waals surface area contributed by atoms with Crippen LogP contribution in [0.15, 0.2) is 24.3 Å². The van der Waals surface area contributed by atoms with Gasteiger partial charge in [-0.05, 0) is 37.5 Å². The van der Waals surface area contributed by atoms with E-state index in [1.54, 1.807) is 12.1 Å². The molecule has 2 rings (SSSR count). The number of rotatable bonds is 4. The highest BCUT2D eigenvalue weighted by Crippen LogP contribution is 2.49. The molecule has 0 atom stereocenters. The normalized spacial score (nSPS) is 17.2. The number of hydrogen-bond acceptors (Lipinski definition) is 2. The van der Waals surface area contributed by atoms with Crippen LogP contribution >= 0.6 is 0 Å². The summed E-state index contributed by atoms with van der Waals surface area (Å²) in [6.45, 7) is -1.30. The molecule has 0 saturated heterocycles. The quantitative estimate of drug-likeness (QED) is 0.789. The van der Waals surface area contributed by atoms with E-state index in [0.29, 0.717) is 0 Å². The summed E-state index contributed by atoms with van der Waals surface area (Å²) >= 11 is 0. The van der Waals surface area contributed by atoms with Crippen molar-refractivity contribution in [2.75, 3.05) is 0 Å². The Hall–Kier alpha value is -1.45. The molecular weight excluding hydrogens is 214 g/mol. The third kappa shape index (κ3) is 1.92. The second-order valence-electron chi connectivity index (χ2n) is 4.04. The Morgan fingerprint density at radius 1 is 1.44 bits per heavy atom. The number of alkyl halides is 2. The van der Waals surface area contributed by atoms with Crippen molar-refractivity contribution in [3.05, 3.63) is 29.8 Å². The first-order valence-electron chi connectivity index (χ1n) is 5.11. The van der Waals surface area contributed by atoms with Crippen LogP contribution in [0.4, 0.5) is 8.78 Å². The molecule has 1 aromatic carbocycles. The Bertz CT molecular complexity index is 411. The molecule has 0 spiro atoms. The van der Waals surface area contributed by atoms with Crippen molar-refractivity contribution in [3.63, 3.8) is 0 Å². The van der Waals surface area contributed by atoms with Gasteiger partial charge in [0.05, 0.1) is 5.41 Å². The van der Waals surface area contributed by atoms with E-state index in [0.717, 1.165) is 18.4 Å². The van der Waals surface area contributed by atoms with E-state index >= 15 is 0 Å². The van der Waals surface area contributed by atoms with Gasteiger partial charge in [-0.25, -0.2) is 0 Å². The Morgan fingerprint density at radius 2 is 2.12 bits per heavy atom. The fraction of sp³-hybridized carbons (Fsp3) is 0.417. The van der Waals surface area contributed by atoms with Crippen LogP contribution < -0.4 is 4.74 Å². The zero-order valence-electron chi connectivity index (χ0n) is 8.87.